The molecule has 1 saturated heterocycles. The van der Waals surface area contributed by atoms with Gasteiger partial charge in [-0.15, -0.1) is 5.10 Å². The Morgan fingerprint density at radius 3 is 2.86 bits per heavy atom. The second-order valence-corrected chi connectivity index (χ2v) is 6.19. The highest BCUT2D eigenvalue weighted by molar-refractivity contribution is 6.42. The predicted molar refractivity (Wildman–Crippen MR) is 84.0 cm³/mol. The minimum atomic E-state index is -0.234. The van der Waals surface area contributed by atoms with E-state index in [0.717, 1.165) is 24.3 Å². The standard InChI is InChI=1S/C14H15Cl2N5O/c15-12-2-1-11(5-13(12)16)21-8-10(18-19-21)7-20-4-3-9(6-20)14(17)22/h1-2,5,8-9H,3-4,6-7H2,(H2,17,22)/t9-/m1/s1. The van der Waals surface area contributed by atoms with Gasteiger partial charge in [0.1, 0.15) is 0 Å². The van der Waals surface area contributed by atoms with Crippen molar-refractivity contribution in [3.63, 3.8) is 0 Å². The number of carbonyl (C=O) groups is 1. The molecular formula is C14H15Cl2N5O. The number of rotatable bonds is 4. The molecule has 22 heavy (non-hydrogen) atoms. The van der Waals surface area contributed by atoms with Gasteiger partial charge in [-0.25, -0.2) is 4.68 Å². The largest absolute Gasteiger partial charge is 0.369 e. The van der Waals surface area contributed by atoms with Crippen LogP contribution in [-0.2, 0) is 11.3 Å². The van der Waals surface area contributed by atoms with E-state index in [2.05, 4.69) is 15.2 Å². The second-order valence-electron chi connectivity index (χ2n) is 5.38. The van der Waals surface area contributed by atoms with Crippen LogP contribution >= 0.6 is 23.2 Å². The first-order valence-corrected chi connectivity index (χ1v) is 7.67. The Bertz CT molecular complexity index is 702. The Labute approximate surface area is 137 Å². The van der Waals surface area contributed by atoms with E-state index in [1.807, 2.05) is 12.3 Å². The molecule has 1 aromatic carbocycles. The van der Waals surface area contributed by atoms with Gasteiger partial charge in [0.2, 0.25) is 5.91 Å². The molecule has 2 N–H and O–H groups in total. The molecule has 1 amide bonds. The van der Waals surface area contributed by atoms with E-state index < -0.39 is 0 Å². The average Bonchev–Trinajstić information content (AvgIpc) is 3.12. The number of aromatic nitrogens is 3. The van der Waals surface area contributed by atoms with E-state index in [-0.39, 0.29) is 11.8 Å². The summed E-state index contributed by atoms with van der Waals surface area (Å²) in [4.78, 5) is 13.3. The molecule has 3 rings (SSSR count). The lowest BCUT2D eigenvalue weighted by Crippen LogP contribution is -2.27. The molecule has 116 valence electrons. The quantitative estimate of drug-likeness (QED) is 0.922. The average molecular weight is 340 g/mol. The fourth-order valence-corrected chi connectivity index (χ4v) is 2.85. The summed E-state index contributed by atoms with van der Waals surface area (Å²) in [7, 11) is 0. The van der Waals surface area contributed by atoms with Crippen molar-refractivity contribution in [2.75, 3.05) is 13.1 Å². The summed E-state index contributed by atoms with van der Waals surface area (Å²) in [6.45, 7) is 2.16. The van der Waals surface area contributed by atoms with E-state index in [4.69, 9.17) is 28.9 Å². The van der Waals surface area contributed by atoms with Gasteiger partial charge in [0, 0.05) is 13.1 Å². The lowest BCUT2D eigenvalue weighted by molar-refractivity contribution is -0.121. The summed E-state index contributed by atoms with van der Waals surface area (Å²) in [6.07, 6.45) is 2.65. The Morgan fingerprint density at radius 1 is 1.36 bits per heavy atom. The third kappa shape index (κ3) is 3.24. The van der Waals surface area contributed by atoms with Gasteiger partial charge in [0.25, 0.3) is 0 Å². The van der Waals surface area contributed by atoms with Crippen molar-refractivity contribution in [2.24, 2.45) is 11.7 Å². The van der Waals surface area contributed by atoms with Crippen LogP contribution in [0.15, 0.2) is 24.4 Å². The maximum Gasteiger partial charge on any atom is 0.221 e. The normalized spacial score (nSPS) is 18.7. The van der Waals surface area contributed by atoms with Gasteiger partial charge >= 0.3 is 0 Å². The van der Waals surface area contributed by atoms with Gasteiger partial charge in [-0.05, 0) is 31.2 Å². The Kier molecular flexibility index (Phi) is 4.33. The molecule has 0 radical (unpaired) electrons. The number of benzene rings is 1. The zero-order valence-electron chi connectivity index (χ0n) is 11.7. The number of primary amides is 1. The van der Waals surface area contributed by atoms with Crippen LogP contribution in [0.5, 0.6) is 0 Å². The molecule has 0 aliphatic carbocycles. The SMILES string of the molecule is NC(=O)[C@@H]1CCN(Cc2cn(-c3ccc(Cl)c(Cl)c3)nn2)C1. The zero-order chi connectivity index (χ0) is 15.7. The maximum atomic E-state index is 11.2. The molecule has 0 unspecified atom stereocenters. The molecule has 0 bridgehead atoms. The van der Waals surface area contributed by atoms with E-state index in [9.17, 15) is 4.79 Å². The van der Waals surface area contributed by atoms with Gasteiger partial charge in [-0.3, -0.25) is 9.69 Å². The summed E-state index contributed by atoms with van der Waals surface area (Å²) in [5, 5.41) is 9.23. The van der Waals surface area contributed by atoms with Crippen LogP contribution in [0.25, 0.3) is 5.69 Å². The molecular weight excluding hydrogens is 325 g/mol. The lowest BCUT2D eigenvalue weighted by Gasteiger charge is -2.12. The molecule has 1 aliphatic rings. The number of hydrogen-bond donors (Lipinski definition) is 1. The highest BCUT2D eigenvalue weighted by Crippen LogP contribution is 2.24. The predicted octanol–water partition coefficient (Wildman–Crippen LogP) is 1.88. The van der Waals surface area contributed by atoms with Crippen LogP contribution in [0.1, 0.15) is 12.1 Å². The number of likely N-dealkylation sites (tertiary alicyclic amines) is 1. The first-order chi connectivity index (χ1) is 10.5. The van der Waals surface area contributed by atoms with Crippen molar-refractivity contribution < 1.29 is 4.79 Å². The molecule has 1 aliphatic heterocycles. The zero-order valence-corrected chi connectivity index (χ0v) is 13.3. The van der Waals surface area contributed by atoms with Crippen molar-refractivity contribution in [2.45, 2.75) is 13.0 Å². The van der Waals surface area contributed by atoms with Crippen molar-refractivity contribution in [3.05, 3.63) is 40.1 Å². The summed E-state index contributed by atoms with van der Waals surface area (Å²) in [5.41, 5.74) is 6.96. The van der Waals surface area contributed by atoms with E-state index in [0.29, 0.717) is 23.1 Å². The maximum absolute atomic E-state index is 11.2. The van der Waals surface area contributed by atoms with E-state index in [1.165, 1.54) is 0 Å². The number of halogens is 2. The fourth-order valence-electron chi connectivity index (χ4n) is 2.56. The fraction of sp³-hybridized carbons (Fsp3) is 0.357. The highest BCUT2D eigenvalue weighted by Gasteiger charge is 2.26. The van der Waals surface area contributed by atoms with Crippen LogP contribution < -0.4 is 5.73 Å². The molecule has 2 aromatic rings. The summed E-state index contributed by atoms with van der Waals surface area (Å²) >= 11 is 11.9. The smallest absolute Gasteiger partial charge is 0.221 e. The van der Waals surface area contributed by atoms with Gasteiger partial charge in [0.15, 0.2) is 0 Å². The third-order valence-electron chi connectivity index (χ3n) is 3.77. The number of nitrogens with zero attached hydrogens (tertiary/aromatic N) is 4. The van der Waals surface area contributed by atoms with Gasteiger partial charge in [0.05, 0.1) is 33.5 Å². The number of nitrogens with two attached hydrogens (primary N) is 1. The van der Waals surface area contributed by atoms with Crippen LogP contribution in [-0.4, -0.2) is 38.9 Å². The molecule has 0 saturated carbocycles. The molecule has 1 aromatic heterocycles. The first-order valence-electron chi connectivity index (χ1n) is 6.91. The summed E-state index contributed by atoms with van der Waals surface area (Å²) in [6, 6.07) is 5.28. The molecule has 0 spiro atoms. The third-order valence-corrected chi connectivity index (χ3v) is 4.51. The second kappa shape index (κ2) is 6.24. The van der Waals surface area contributed by atoms with Crippen molar-refractivity contribution >= 4 is 29.1 Å². The monoisotopic (exact) mass is 339 g/mol. The number of hydrogen-bond acceptors (Lipinski definition) is 4. The topological polar surface area (TPSA) is 77.0 Å². The van der Waals surface area contributed by atoms with Crippen molar-refractivity contribution in [1.82, 2.24) is 19.9 Å². The summed E-state index contributed by atoms with van der Waals surface area (Å²) in [5.74, 6) is -0.299. The van der Waals surface area contributed by atoms with E-state index in [1.54, 1.807) is 16.8 Å². The molecule has 8 heteroatoms. The minimum absolute atomic E-state index is 0.0647. The Hall–Kier alpha value is -1.63. The molecule has 1 fully saturated rings. The Morgan fingerprint density at radius 2 is 2.18 bits per heavy atom. The van der Waals surface area contributed by atoms with Gasteiger partial charge in [-0.1, -0.05) is 28.4 Å². The minimum Gasteiger partial charge on any atom is -0.369 e. The van der Waals surface area contributed by atoms with Crippen molar-refractivity contribution in [1.29, 1.82) is 0 Å². The van der Waals surface area contributed by atoms with Gasteiger partial charge in [-0.2, -0.15) is 0 Å². The summed E-state index contributed by atoms with van der Waals surface area (Å²) < 4.78 is 1.65. The van der Waals surface area contributed by atoms with Gasteiger partial charge < -0.3 is 5.73 Å². The first kappa shape index (κ1) is 15.3. The molecule has 6 nitrogen and oxygen atoms in total. The highest BCUT2D eigenvalue weighted by atomic mass is 35.5. The van der Waals surface area contributed by atoms with Crippen LogP contribution in [0, 0.1) is 5.92 Å². The molecule has 2 heterocycles. The molecule has 1 atom stereocenters. The number of amides is 1. The Balaban J connectivity index is 1.69. The lowest BCUT2D eigenvalue weighted by atomic mass is 10.1. The number of carbonyl (C=O) groups excluding carboxylic acids is 1. The van der Waals surface area contributed by atoms with E-state index >= 15 is 0 Å². The van der Waals surface area contributed by atoms with Crippen LogP contribution in [0.4, 0.5) is 0 Å². The van der Waals surface area contributed by atoms with Crippen LogP contribution in [0.2, 0.25) is 10.0 Å². The van der Waals surface area contributed by atoms with Crippen LogP contribution in [0.3, 0.4) is 0 Å². The van der Waals surface area contributed by atoms with Crippen molar-refractivity contribution in [3.8, 4) is 5.69 Å².